The van der Waals surface area contributed by atoms with Crippen molar-refractivity contribution >= 4 is 18.0 Å². The van der Waals surface area contributed by atoms with Crippen molar-refractivity contribution in [2.45, 2.75) is 32.2 Å². The summed E-state index contributed by atoms with van der Waals surface area (Å²) in [5, 5.41) is 9.06. The van der Waals surface area contributed by atoms with Crippen LogP contribution in [-0.2, 0) is 11.3 Å². The van der Waals surface area contributed by atoms with Gasteiger partial charge in [0.15, 0.2) is 0 Å². The van der Waals surface area contributed by atoms with E-state index in [9.17, 15) is 9.59 Å². The maximum absolute atomic E-state index is 11.4. The maximum atomic E-state index is 11.4. The van der Waals surface area contributed by atoms with Crippen LogP contribution in [-0.4, -0.2) is 40.1 Å². The van der Waals surface area contributed by atoms with Crippen molar-refractivity contribution in [2.75, 3.05) is 18.0 Å². The number of nitrogens with zero attached hydrogens (tertiary/aromatic N) is 3. The van der Waals surface area contributed by atoms with Gasteiger partial charge < -0.3 is 9.52 Å². The van der Waals surface area contributed by atoms with Crippen LogP contribution in [0.1, 0.15) is 37.0 Å². The number of hydrogen-bond acceptors (Lipinski definition) is 5. The van der Waals surface area contributed by atoms with Crippen molar-refractivity contribution in [3.8, 4) is 0 Å². The van der Waals surface area contributed by atoms with Gasteiger partial charge in [-0.25, -0.2) is 9.78 Å². The molecule has 1 fully saturated rings. The van der Waals surface area contributed by atoms with E-state index in [1.165, 1.54) is 11.8 Å². The van der Waals surface area contributed by atoms with Gasteiger partial charge in [-0.15, -0.1) is 0 Å². The van der Waals surface area contributed by atoms with Crippen LogP contribution in [0.3, 0.4) is 0 Å². The molecule has 1 N–H and O–H groups in total. The summed E-state index contributed by atoms with van der Waals surface area (Å²) in [6.45, 7) is 3.59. The van der Waals surface area contributed by atoms with Gasteiger partial charge in [0.1, 0.15) is 5.76 Å². The van der Waals surface area contributed by atoms with Crippen LogP contribution in [0, 0.1) is 0 Å². The second-order valence-corrected chi connectivity index (χ2v) is 6.21. The Hall–Kier alpha value is -2.67. The third-order valence-electron chi connectivity index (χ3n) is 4.48. The third kappa shape index (κ3) is 4.06. The molecular formula is C18H21N3O4. The predicted octanol–water partition coefficient (Wildman–Crippen LogP) is 3.09. The number of carbonyl (C=O) groups excluding carboxylic acids is 1. The second-order valence-electron chi connectivity index (χ2n) is 6.21. The van der Waals surface area contributed by atoms with Gasteiger partial charge in [-0.05, 0) is 37.4 Å². The number of carbonyl (C=O) groups is 2. The zero-order valence-electron chi connectivity index (χ0n) is 14.1. The Kier molecular flexibility index (Phi) is 5.14. The molecule has 0 saturated carbocycles. The summed E-state index contributed by atoms with van der Waals surface area (Å²) < 4.78 is 5.45. The number of hydrogen-bond donors (Lipinski definition) is 1. The molecule has 132 valence electrons. The van der Waals surface area contributed by atoms with E-state index in [1.807, 2.05) is 6.07 Å². The van der Waals surface area contributed by atoms with Gasteiger partial charge in [-0.3, -0.25) is 9.69 Å². The standard InChI is InChI=1S/C18H21N3O4/c1-13(22)21(18(23)24)17-19-11-16(25-17)12-20-9-7-15(8-10-20)14-5-3-2-4-6-14/h2-6,11,15H,7-10,12H2,1H3,(H,23,24). The van der Waals surface area contributed by atoms with Gasteiger partial charge in [0.2, 0.25) is 5.91 Å². The maximum Gasteiger partial charge on any atom is 0.422 e. The second kappa shape index (κ2) is 7.48. The normalized spacial score (nSPS) is 15.9. The van der Waals surface area contributed by atoms with E-state index >= 15 is 0 Å². The Morgan fingerprint density at radius 1 is 1.28 bits per heavy atom. The largest absolute Gasteiger partial charge is 0.464 e. The number of anilines is 1. The fourth-order valence-corrected chi connectivity index (χ4v) is 3.19. The number of benzene rings is 1. The van der Waals surface area contributed by atoms with Crippen LogP contribution in [0.5, 0.6) is 0 Å². The minimum absolute atomic E-state index is 0.200. The van der Waals surface area contributed by atoms with Crippen molar-refractivity contribution in [2.24, 2.45) is 0 Å². The van der Waals surface area contributed by atoms with Crippen molar-refractivity contribution in [1.82, 2.24) is 9.88 Å². The van der Waals surface area contributed by atoms with Crippen LogP contribution in [0.25, 0.3) is 0 Å². The molecule has 7 heteroatoms. The van der Waals surface area contributed by atoms with Crippen LogP contribution < -0.4 is 4.90 Å². The summed E-state index contributed by atoms with van der Waals surface area (Å²) in [4.78, 5) is 29.2. The molecule has 0 bridgehead atoms. The minimum Gasteiger partial charge on any atom is -0.464 e. The zero-order chi connectivity index (χ0) is 17.8. The number of rotatable bonds is 4. The first-order valence-corrected chi connectivity index (χ1v) is 8.30. The molecule has 0 aliphatic carbocycles. The van der Waals surface area contributed by atoms with Crippen LogP contribution in [0.4, 0.5) is 10.8 Å². The molecule has 2 amide bonds. The monoisotopic (exact) mass is 343 g/mol. The quantitative estimate of drug-likeness (QED) is 0.918. The zero-order valence-corrected chi connectivity index (χ0v) is 14.1. The molecule has 1 aromatic carbocycles. The first kappa shape index (κ1) is 17.2. The molecule has 0 spiro atoms. The van der Waals surface area contributed by atoms with Crippen molar-refractivity contribution in [3.05, 3.63) is 47.9 Å². The lowest BCUT2D eigenvalue weighted by atomic mass is 9.89. The molecular weight excluding hydrogens is 322 g/mol. The lowest BCUT2D eigenvalue weighted by molar-refractivity contribution is -0.116. The Balaban J connectivity index is 1.58. The number of aromatic nitrogens is 1. The SMILES string of the molecule is CC(=O)N(C(=O)O)c1ncc(CN2CCC(c3ccccc3)CC2)o1. The summed E-state index contributed by atoms with van der Waals surface area (Å²) in [6.07, 6.45) is 2.22. The number of oxazole rings is 1. The van der Waals surface area contributed by atoms with Crippen LogP contribution >= 0.6 is 0 Å². The van der Waals surface area contributed by atoms with Gasteiger partial charge in [0.25, 0.3) is 0 Å². The summed E-state index contributed by atoms with van der Waals surface area (Å²) in [6, 6.07) is 10.3. The van der Waals surface area contributed by atoms with E-state index in [2.05, 4.69) is 34.1 Å². The highest BCUT2D eigenvalue weighted by Crippen LogP contribution is 2.28. The molecule has 25 heavy (non-hydrogen) atoms. The van der Waals surface area contributed by atoms with Gasteiger partial charge >= 0.3 is 12.1 Å². The number of likely N-dealkylation sites (tertiary alicyclic amines) is 1. The molecule has 2 heterocycles. The van der Waals surface area contributed by atoms with Crippen LogP contribution in [0.15, 0.2) is 40.9 Å². The fraction of sp³-hybridized carbons (Fsp3) is 0.389. The highest BCUT2D eigenvalue weighted by molar-refractivity contribution is 6.08. The Morgan fingerprint density at radius 2 is 1.96 bits per heavy atom. The first-order valence-electron chi connectivity index (χ1n) is 8.30. The van der Waals surface area contributed by atoms with E-state index in [0.29, 0.717) is 23.1 Å². The number of carboxylic acid groups (broad SMARTS) is 1. The molecule has 1 saturated heterocycles. The average Bonchev–Trinajstić information content (AvgIpc) is 3.03. The van der Waals surface area contributed by atoms with E-state index in [4.69, 9.17) is 9.52 Å². The molecule has 0 atom stereocenters. The highest BCUT2D eigenvalue weighted by atomic mass is 16.4. The first-order chi connectivity index (χ1) is 12.0. The van der Waals surface area contributed by atoms with Gasteiger partial charge in [0.05, 0.1) is 12.7 Å². The molecule has 1 aliphatic heterocycles. The smallest absolute Gasteiger partial charge is 0.422 e. The summed E-state index contributed by atoms with van der Waals surface area (Å²) in [5.41, 5.74) is 1.38. The molecule has 1 aromatic heterocycles. The van der Waals surface area contributed by atoms with E-state index < -0.39 is 12.0 Å². The van der Waals surface area contributed by atoms with Gasteiger partial charge in [-0.2, -0.15) is 4.90 Å². The molecule has 7 nitrogen and oxygen atoms in total. The summed E-state index contributed by atoms with van der Waals surface area (Å²) in [5.74, 6) is 0.480. The predicted molar refractivity (Wildman–Crippen MR) is 91.4 cm³/mol. The van der Waals surface area contributed by atoms with E-state index in [1.54, 1.807) is 0 Å². The van der Waals surface area contributed by atoms with Crippen molar-refractivity contribution in [3.63, 3.8) is 0 Å². The van der Waals surface area contributed by atoms with Gasteiger partial charge in [0, 0.05) is 6.92 Å². The van der Waals surface area contributed by atoms with E-state index in [-0.39, 0.29) is 6.01 Å². The lowest BCUT2D eigenvalue weighted by Gasteiger charge is -2.31. The third-order valence-corrected chi connectivity index (χ3v) is 4.48. The lowest BCUT2D eigenvalue weighted by Crippen LogP contribution is -2.34. The van der Waals surface area contributed by atoms with Crippen molar-refractivity contribution in [1.29, 1.82) is 0 Å². The average molecular weight is 343 g/mol. The number of imide groups is 1. The van der Waals surface area contributed by atoms with Gasteiger partial charge in [-0.1, -0.05) is 30.3 Å². The number of amides is 2. The highest BCUT2D eigenvalue weighted by Gasteiger charge is 2.26. The molecule has 0 unspecified atom stereocenters. The molecule has 3 rings (SSSR count). The van der Waals surface area contributed by atoms with Crippen LogP contribution in [0.2, 0.25) is 0 Å². The Labute approximate surface area is 145 Å². The number of piperidine rings is 1. The van der Waals surface area contributed by atoms with Crippen molar-refractivity contribution < 1.29 is 19.1 Å². The minimum atomic E-state index is -1.40. The summed E-state index contributed by atoms with van der Waals surface area (Å²) >= 11 is 0. The Bertz CT molecular complexity index is 722. The van der Waals surface area contributed by atoms with E-state index in [0.717, 1.165) is 32.9 Å². The topological polar surface area (TPSA) is 86.9 Å². The fourth-order valence-electron chi connectivity index (χ4n) is 3.19. The molecule has 1 aliphatic rings. The molecule has 0 radical (unpaired) electrons. The molecule has 2 aromatic rings. The Morgan fingerprint density at radius 3 is 2.56 bits per heavy atom. The summed E-state index contributed by atoms with van der Waals surface area (Å²) in [7, 11) is 0.